The average Bonchev–Trinajstić information content (AvgIpc) is 2.56. The molecule has 2 rings (SSSR count). The zero-order chi connectivity index (χ0) is 9.26. The smallest absolute Gasteiger partial charge is 0.00980 e. The van der Waals surface area contributed by atoms with Crippen molar-refractivity contribution in [2.24, 2.45) is 5.73 Å². The number of nitrogens with two attached hydrogens (primary N) is 1. The van der Waals surface area contributed by atoms with Gasteiger partial charge in [0.2, 0.25) is 0 Å². The molecule has 2 nitrogen and oxygen atoms in total. The summed E-state index contributed by atoms with van der Waals surface area (Å²) in [5, 5.41) is 0. The summed E-state index contributed by atoms with van der Waals surface area (Å²) in [6.07, 6.45) is 8.16. The van der Waals surface area contributed by atoms with Crippen LogP contribution >= 0.6 is 0 Å². The van der Waals surface area contributed by atoms with Gasteiger partial charge in [-0.25, -0.2) is 0 Å². The molecule has 2 unspecified atom stereocenters. The van der Waals surface area contributed by atoms with Crippen molar-refractivity contribution in [3.63, 3.8) is 0 Å². The number of piperidine rings is 1. The molecule has 1 aliphatic heterocycles. The number of hydrogen-bond acceptors (Lipinski definition) is 2. The molecular weight excluding hydrogens is 160 g/mol. The van der Waals surface area contributed by atoms with Crippen LogP contribution in [0.3, 0.4) is 0 Å². The van der Waals surface area contributed by atoms with Crippen LogP contribution < -0.4 is 5.73 Å². The Bertz CT molecular complexity index is 163. The van der Waals surface area contributed by atoms with E-state index in [4.69, 9.17) is 5.73 Å². The highest BCUT2D eigenvalue weighted by molar-refractivity contribution is 4.87. The Labute approximate surface area is 81.5 Å². The van der Waals surface area contributed by atoms with Crippen molar-refractivity contribution in [3.8, 4) is 0 Å². The van der Waals surface area contributed by atoms with E-state index in [0.717, 1.165) is 12.1 Å². The minimum atomic E-state index is 0.465. The molecule has 2 N–H and O–H groups in total. The predicted octanol–water partition coefficient (Wildman–Crippen LogP) is 1.74. The van der Waals surface area contributed by atoms with E-state index in [2.05, 4.69) is 11.8 Å². The molecule has 1 aliphatic carbocycles. The van der Waals surface area contributed by atoms with Crippen molar-refractivity contribution in [1.29, 1.82) is 0 Å². The molecule has 0 radical (unpaired) electrons. The van der Waals surface area contributed by atoms with Crippen molar-refractivity contribution >= 4 is 0 Å². The Kier molecular flexibility index (Phi) is 2.89. The van der Waals surface area contributed by atoms with E-state index in [9.17, 15) is 0 Å². The van der Waals surface area contributed by atoms with E-state index in [1.807, 2.05) is 0 Å². The van der Waals surface area contributed by atoms with Crippen LogP contribution in [-0.4, -0.2) is 29.6 Å². The molecular formula is C11H22N2. The van der Waals surface area contributed by atoms with Gasteiger partial charge in [0, 0.05) is 24.7 Å². The van der Waals surface area contributed by atoms with Crippen molar-refractivity contribution in [1.82, 2.24) is 4.90 Å². The van der Waals surface area contributed by atoms with Crippen LogP contribution in [0, 0.1) is 0 Å². The van der Waals surface area contributed by atoms with E-state index < -0.39 is 0 Å². The second-order valence-corrected chi connectivity index (χ2v) is 4.81. The third-order valence-corrected chi connectivity index (χ3v) is 3.76. The van der Waals surface area contributed by atoms with E-state index in [-0.39, 0.29) is 0 Å². The molecule has 0 aromatic heterocycles. The van der Waals surface area contributed by atoms with Gasteiger partial charge < -0.3 is 5.73 Å². The topological polar surface area (TPSA) is 29.3 Å². The Morgan fingerprint density at radius 1 is 1.15 bits per heavy atom. The maximum absolute atomic E-state index is 5.96. The Hall–Kier alpha value is -0.0800. The van der Waals surface area contributed by atoms with Gasteiger partial charge in [-0.15, -0.1) is 0 Å². The molecule has 0 amide bonds. The summed E-state index contributed by atoms with van der Waals surface area (Å²) >= 11 is 0. The van der Waals surface area contributed by atoms with E-state index >= 15 is 0 Å². The third kappa shape index (κ3) is 2.05. The summed E-state index contributed by atoms with van der Waals surface area (Å²) in [6, 6.07) is 2.09. The zero-order valence-electron chi connectivity index (χ0n) is 8.71. The summed E-state index contributed by atoms with van der Waals surface area (Å²) in [6.45, 7) is 3.59. The SMILES string of the molecule is CC1CC(N)CCN1C1CCCC1. The molecule has 2 atom stereocenters. The van der Waals surface area contributed by atoms with Crippen molar-refractivity contribution in [2.45, 2.75) is 63.6 Å². The summed E-state index contributed by atoms with van der Waals surface area (Å²) in [5.41, 5.74) is 5.96. The molecule has 0 bridgehead atoms. The van der Waals surface area contributed by atoms with Crippen LogP contribution in [0.2, 0.25) is 0 Å². The summed E-state index contributed by atoms with van der Waals surface area (Å²) < 4.78 is 0. The van der Waals surface area contributed by atoms with Gasteiger partial charge in [0.15, 0.2) is 0 Å². The first-order chi connectivity index (χ1) is 6.27. The lowest BCUT2D eigenvalue weighted by Crippen LogP contribution is -2.49. The molecule has 13 heavy (non-hydrogen) atoms. The maximum Gasteiger partial charge on any atom is 0.00980 e. The van der Waals surface area contributed by atoms with Crippen molar-refractivity contribution in [3.05, 3.63) is 0 Å². The van der Waals surface area contributed by atoms with E-state index in [1.165, 1.54) is 45.1 Å². The highest BCUT2D eigenvalue weighted by Crippen LogP contribution is 2.28. The van der Waals surface area contributed by atoms with Crippen LogP contribution in [0.4, 0.5) is 0 Å². The molecule has 1 saturated carbocycles. The van der Waals surface area contributed by atoms with Gasteiger partial charge in [0.1, 0.15) is 0 Å². The molecule has 0 spiro atoms. The molecule has 1 heterocycles. The summed E-state index contributed by atoms with van der Waals surface area (Å²) in [7, 11) is 0. The second kappa shape index (κ2) is 3.97. The van der Waals surface area contributed by atoms with Crippen LogP contribution in [-0.2, 0) is 0 Å². The lowest BCUT2D eigenvalue weighted by Gasteiger charge is -2.40. The molecule has 2 fully saturated rings. The first kappa shape index (κ1) is 9.47. The fourth-order valence-electron chi connectivity index (χ4n) is 3.01. The van der Waals surface area contributed by atoms with Gasteiger partial charge in [-0.2, -0.15) is 0 Å². The van der Waals surface area contributed by atoms with Crippen LogP contribution in [0.1, 0.15) is 45.4 Å². The maximum atomic E-state index is 5.96. The highest BCUT2D eigenvalue weighted by atomic mass is 15.2. The summed E-state index contributed by atoms with van der Waals surface area (Å²) in [4.78, 5) is 2.70. The lowest BCUT2D eigenvalue weighted by molar-refractivity contribution is 0.0984. The van der Waals surface area contributed by atoms with Gasteiger partial charge in [-0.05, 0) is 32.6 Å². The highest BCUT2D eigenvalue weighted by Gasteiger charge is 2.30. The van der Waals surface area contributed by atoms with Gasteiger partial charge >= 0.3 is 0 Å². The van der Waals surface area contributed by atoms with Gasteiger partial charge in [0.05, 0.1) is 0 Å². The molecule has 0 aromatic carbocycles. The van der Waals surface area contributed by atoms with Crippen molar-refractivity contribution in [2.75, 3.05) is 6.54 Å². The van der Waals surface area contributed by atoms with Gasteiger partial charge in [-0.3, -0.25) is 4.90 Å². The van der Waals surface area contributed by atoms with Crippen LogP contribution in [0.5, 0.6) is 0 Å². The van der Waals surface area contributed by atoms with Gasteiger partial charge in [-0.1, -0.05) is 12.8 Å². The Balaban J connectivity index is 1.91. The standard InChI is InChI=1S/C11H22N2/c1-9-8-10(12)6-7-13(9)11-4-2-3-5-11/h9-11H,2-8,12H2,1H3. The predicted molar refractivity (Wildman–Crippen MR) is 55.6 cm³/mol. The minimum Gasteiger partial charge on any atom is -0.328 e. The van der Waals surface area contributed by atoms with Crippen molar-refractivity contribution < 1.29 is 0 Å². The number of likely N-dealkylation sites (tertiary alicyclic amines) is 1. The van der Waals surface area contributed by atoms with Gasteiger partial charge in [0.25, 0.3) is 0 Å². The monoisotopic (exact) mass is 182 g/mol. The molecule has 76 valence electrons. The Morgan fingerprint density at radius 2 is 1.85 bits per heavy atom. The molecule has 0 aromatic rings. The van der Waals surface area contributed by atoms with E-state index in [0.29, 0.717) is 6.04 Å². The lowest BCUT2D eigenvalue weighted by atomic mass is 9.97. The molecule has 2 heteroatoms. The average molecular weight is 182 g/mol. The third-order valence-electron chi connectivity index (χ3n) is 3.76. The molecule has 2 aliphatic rings. The Morgan fingerprint density at radius 3 is 2.46 bits per heavy atom. The van der Waals surface area contributed by atoms with Crippen LogP contribution in [0.15, 0.2) is 0 Å². The first-order valence-corrected chi connectivity index (χ1v) is 5.78. The second-order valence-electron chi connectivity index (χ2n) is 4.81. The largest absolute Gasteiger partial charge is 0.328 e. The first-order valence-electron chi connectivity index (χ1n) is 5.78. The number of nitrogens with zero attached hydrogens (tertiary/aromatic N) is 1. The number of hydrogen-bond donors (Lipinski definition) is 1. The van der Waals surface area contributed by atoms with E-state index in [1.54, 1.807) is 0 Å². The minimum absolute atomic E-state index is 0.465. The zero-order valence-corrected chi connectivity index (χ0v) is 8.71. The number of rotatable bonds is 1. The molecule has 1 saturated heterocycles. The normalized spacial score (nSPS) is 38.3. The fraction of sp³-hybridized carbons (Fsp3) is 1.00. The fourth-order valence-corrected chi connectivity index (χ4v) is 3.01. The summed E-state index contributed by atoms with van der Waals surface area (Å²) in [5.74, 6) is 0. The van der Waals surface area contributed by atoms with Crippen LogP contribution in [0.25, 0.3) is 0 Å². The quantitative estimate of drug-likeness (QED) is 0.669.